The monoisotopic (exact) mass is 317 g/mol. The molecule has 0 saturated heterocycles. The molecule has 1 heterocycles. The molecule has 0 spiro atoms. The van der Waals surface area contributed by atoms with Gasteiger partial charge in [0.15, 0.2) is 0 Å². The molecule has 1 atom stereocenters. The average Bonchev–Trinajstić information content (AvgIpc) is 2.91. The van der Waals surface area contributed by atoms with E-state index in [1.165, 1.54) is 29.7 Å². The Hall–Kier alpha value is -1.67. The van der Waals surface area contributed by atoms with E-state index in [0.29, 0.717) is 17.8 Å². The molecule has 1 unspecified atom stereocenters. The van der Waals surface area contributed by atoms with Crippen LogP contribution in [0.3, 0.4) is 0 Å². The Kier molecular flexibility index (Phi) is 5.13. The molecule has 0 bridgehead atoms. The van der Waals surface area contributed by atoms with Crippen molar-refractivity contribution in [3.05, 3.63) is 40.9 Å². The molecule has 2 rings (SSSR count). The predicted octanol–water partition coefficient (Wildman–Crippen LogP) is 3.53. The van der Waals surface area contributed by atoms with Crippen LogP contribution in [0.25, 0.3) is 0 Å². The smallest absolute Gasteiger partial charge is 0.406 e. The molecule has 0 saturated carbocycles. The normalized spacial score (nSPS) is 13.1. The zero-order chi connectivity index (χ0) is 15.3. The van der Waals surface area contributed by atoms with Crippen molar-refractivity contribution in [3.63, 3.8) is 0 Å². The van der Waals surface area contributed by atoms with Gasteiger partial charge in [0.05, 0.1) is 11.7 Å². The Labute approximate surface area is 124 Å². The van der Waals surface area contributed by atoms with Crippen molar-refractivity contribution in [1.29, 1.82) is 0 Å². The highest BCUT2D eigenvalue weighted by Gasteiger charge is 2.31. The van der Waals surface area contributed by atoms with Crippen molar-refractivity contribution >= 4 is 11.5 Å². The number of benzene rings is 1. The van der Waals surface area contributed by atoms with E-state index >= 15 is 0 Å². The number of hydrogen-bond acceptors (Lipinski definition) is 5. The van der Waals surface area contributed by atoms with E-state index in [-0.39, 0.29) is 11.8 Å². The minimum atomic E-state index is -4.70. The lowest BCUT2D eigenvalue weighted by molar-refractivity contribution is -0.274. The summed E-state index contributed by atoms with van der Waals surface area (Å²) in [7, 11) is 0. The number of aromatic nitrogens is 2. The van der Waals surface area contributed by atoms with Crippen LogP contribution in [0, 0.1) is 0 Å². The van der Waals surface area contributed by atoms with E-state index in [1.807, 2.05) is 6.92 Å². The molecule has 8 heteroatoms. The van der Waals surface area contributed by atoms with Crippen LogP contribution in [0.15, 0.2) is 29.6 Å². The minimum absolute atomic E-state index is 0.244. The molecule has 0 amide bonds. The van der Waals surface area contributed by atoms with Crippen LogP contribution in [0.1, 0.15) is 30.6 Å². The zero-order valence-electron chi connectivity index (χ0n) is 11.2. The first-order valence-electron chi connectivity index (χ1n) is 6.35. The lowest BCUT2D eigenvalue weighted by Crippen LogP contribution is -2.24. The molecule has 0 aliphatic heterocycles. The highest BCUT2D eigenvalue weighted by molar-refractivity contribution is 7.03. The van der Waals surface area contributed by atoms with Gasteiger partial charge in [0.25, 0.3) is 0 Å². The molecule has 0 fully saturated rings. The summed E-state index contributed by atoms with van der Waals surface area (Å²) in [5.41, 5.74) is 1.33. The molecule has 2 aromatic rings. The van der Waals surface area contributed by atoms with Gasteiger partial charge < -0.3 is 10.1 Å². The summed E-state index contributed by atoms with van der Waals surface area (Å²) in [4.78, 5) is 0. The second kappa shape index (κ2) is 6.86. The molecule has 114 valence electrons. The third-order valence-corrected chi connectivity index (χ3v) is 3.22. The molecule has 0 radical (unpaired) electrons. The molecule has 1 aromatic heterocycles. The van der Waals surface area contributed by atoms with E-state index in [2.05, 4.69) is 19.6 Å². The number of halogens is 3. The van der Waals surface area contributed by atoms with Crippen molar-refractivity contribution in [2.24, 2.45) is 0 Å². The van der Waals surface area contributed by atoms with Crippen molar-refractivity contribution in [3.8, 4) is 5.75 Å². The van der Waals surface area contributed by atoms with Crippen molar-refractivity contribution in [2.45, 2.75) is 25.7 Å². The fourth-order valence-electron chi connectivity index (χ4n) is 1.87. The number of rotatable bonds is 6. The Morgan fingerprint density at radius 3 is 2.81 bits per heavy atom. The molecule has 4 nitrogen and oxygen atoms in total. The van der Waals surface area contributed by atoms with E-state index in [0.717, 1.165) is 6.42 Å². The SMILES string of the molecule is CCCNC(c1cccc(OC(F)(F)F)c1)c1csnn1. The average molecular weight is 317 g/mol. The fourth-order valence-corrected chi connectivity index (χ4v) is 2.35. The number of hydrogen-bond donors (Lipinski definition) is 1. The minimum Gasteiger partial charge on any atom is -0.406 e. The summed E-state index contributed by atoms with van der Waals surface area (Å²) in [6.45, 7) is 2.72. The second-order valence-electron chi connectivity index (χ2n) is 4.34. The van der Waals surface area contributed by atoms with Gasteiger partial charge in [0.2, 0.25) is 0 Å². The van der Waals surface area contributed by atoms with E-state index in [9.17, 15) is 13.2 Å². The predicted molar refractivity (Wildman–Crippen MR) is 73.2 cm³/mol. The van der Waals surface area contributed by atoms with E-state index in [4.69, 9.17) is 0 Å². The van der Waals surface area contributed by atoms with Gasteiger partial charge in [-0.3, -0.25) is 0 Å². The fraction of sp³-hybridized carbons (Fsp3) is 0.385. The summed E-state index contributed by atoms with van der Waals surface area (Å²) in [6, 6.07) is 5.58. The quantitative estimate of drug-likeness (QED) is 0.885. The Bertz CT molecular complexity index is 560. The molecule has 21 heavy (non-hydrogen) atoms. The Morgan fingerprint density at radius 1 is 1.38 bits per heavy atom. The molecule has 0 aliphatic carbocycles. The number of nitrogens with one attached hydrogen (secondary N) is 1. The standard InChI is InChI=1S/C13H14F3N3OS/c1-2-6-17-12(11-8-21-19-18-11)9-4-3-5-10(7-9)20-13(14,15)16/h3-5,7-8,12,17H,2,6H2,1H3. The van der Waals surface area contributed by atoms with Crippen LogP contribution in [0.5, 0.6) is 5.75 Å². The summed E-state index contributed by atoms with van der Waals surface area (Å²) < 4.78 is 44.6. The van der Waals surface area contributed by atoms with Crippen LogP contribution in [-0.4, -0.2) is 22.5 Å². The van der Waals surface area contributed by atoms with Crippen LogP contribution < -0.4 is 10.1 Å². The zero-order valence-corrected chi connectivity index (χ0v) is 12.0. The second-order valence-corrected chi connectivity index (χ2v) is 4.95. The Morgan fingerprint density at radius 2 is 2.19 bits per heavy atom. The van der Waals surface area contributed by atoms with Gasteiger partial charge in [-0.15, -0.1) is 18.3 Å². The maximum Gasteiger partial charge on any atom is 0.573 e. The van der Waals surface area contributed by atoms with E-state index in [1.54, 1.807) is 11.4 Å². The van der Waals surface area contributed by atoms with Gasteiger partial charge in [-0.25, -0.2) is 0 Å². The number of nitrogens with zero attached hydrogens (tertiary/aromatic N) is 2. The molecule has 1 aromatic carbocycles. The maximum atomic E-state index is 12.3. The maximum absolute atomic E-state index is 12.3. The molecular weight excluding hydrogens is 303 g/mol. The summed E-state index contributed by atoms with van der Waals surface area (Å²) in [5, 5.41) is 9.01. The third-order valence-electron chi connectivity index (χ3n) is 2.70. The van der Waals surface area contributed by atoms with Crippen molar-refractivity contribution < 1.29 is 17.9 Å². The first kappa shape index (κ1) is 15.7. The topological polar surface area (TPSA) is 47.0 Å². The van der Waals surface area contributed by atoms with Gasteiger partial charge in [-0.05, 0) is 42.2 Å². The highest BCUT2D eigenvalue weighted by Crippen LogP contribution is 2.28. The molecular formula is C13H14F3N3OS. The van der Waals surface area contributed by atoms with Crippen LogP contribution in [-0.2, 0) is 0 Å². The molecule has 1 N–H and O–H groups in total. The summed E-state index contributed by atoms with van der Waals surface area (Å²) >= 11 is 1.20. The van der Waals surface area contributed by atoms with Crippen molar-refractivity contribution in [1.82, 2.24) is 14.9 Å². The lowest BCUT2D eigenvalue weighted by atomic mass is 10.0. The van der Waals surface area contributed by atoms with Gasteiger partial charge >= 0.3 is 6.36 Å². The van der Waals surface area contributed by atoms with Gasteiger partial charge in [-0.1, -0.05) is 23.5 Å². The third kappa shape index (κ3) is 4.68. The largest absolute Gasteiger partial charge is 0.573 e. The Balaban J connectivity index is 2.25. The number of ether oxygens (including phenoxy) is 1. The summed E-state index contributed by atoms with van der Waals surface area (Å²) in [6.07, 6.45) is -3.81. The van der Waals surface area contributed by atoms with Crippen LogP contribution in [0.2, 0.25) is 0 Å². The van der Waals surface area contributed by atoms with Gasteiger partial charge in [-0.2, -0.15) is 0 Å². The summed E-state index contributed by atoms with van der Waals surface area (Å²) in [5.74, 6) is -0.244. The molecule has 0 aliphatic rings. The first-order valence-corrected chi connectivity index (χ1v) is 7.19. The lowest BCUT2D eigenvalue weighted by Gasteiger charge is -2.18. The van der Waals surface area contributed by atoms with Crippen LogP contribution >= 0.6 is 11.5 Å². The van der Waals surface area contributed by atoms with Gasteiger partial charge in [0.1, 0.15) is 5.75 Å². The van der Waals surface area contributed by atoms with E-state index < -0.39 is 6.36 Å². The van der Waals surface area contributed by atoms with Gasteiger partial charge in [0, 0.05) is 5.38 Å². The number of alkyl halides is 3. The van der Waals surface area contributed by atoms with Crippen molar-refractivity contribution in [2.75, 3.05) is 6.54 Å². The highest BCUT2D eigenvalue weighted by atomic mass is 32.1. The van der Waals surface area contributed by atoms with Crippen LogP contribution in [0.4, 0.5) is 13.2 Å². The first-order chi connectivity index (χ1) is 9.99.